The third-order valence-corrected chi connectivity index (χ3v) is 5.47. The number of amides is 4. The molecule has 0 bridgehead atoms. The van der Waals surface area contributed by atoms with Crippen LogP contribution in [0.1, 0.15) is 32.6 Å². The van der Waals surface area contributed by atoms with E-state index in [0.29, 0.717) is 6.42 Å². The second-order valence-corrected chi connectivity index (χ2v) is 7.13. The van der Waals surface area contributed by atoms with Crippen LogP contribution in [0.3, 0.4) is 0 Å². The Bertz CT molecular complexity index is 841. The summed E-state index contributed by atoms with van der Waals surface area (Å²) < 4.78 is 5.10. The number of imide groups is 1. The van der Waals surface area contributed by atoms with E-state index < -0.39 is 34.9 Å². The van der Waals surface area contributed by atoms with E-state index in [9.17, 15) is 24.5 Å². The van der Waals surface area contributed by atoms with Crippen molar-refractivity contribution < 1.29 is 24.0 Å². The van der Waals surface area contributed by atoms with Crippen molar-refractivity contribution in [2.45, 2.75) is 38.1 Å². The van der Waals surface area contributed by atoms with Gasteiger partial charge in [-0.2, -0.15) is 0 Å². The number of nitrogens with zero attached hydrogens (tertiary/aromatic N) is 2. The Morgan fingerprint density at radius 2 is 2.18 bits per heavy atom. The van der Waals surface area contributed by atoms with Crippen LogP contribution in [0.25, 0.3) is 0 Å². The number of carbonyl (C=O) groups excluding carboxylic acids is 3. The molecule has 1 saturated carbocycles. The molecule has 2 atom stereocenters. The van der Waals surface area contributed by atoms with Gasteiger partial charge in [0.15, 0.2) is 0 Å². The number of nitro groups is 1. The zero-order valence-corrected chi connectivity index (χ0v) is 15.7. The van der Waals surface area contributed by atoms with E-state index in [1.54, 1.807) is 0 Å². The van der Waals surface area contributed by atoms with E-state index in [1.807, 2.05) is 6.92 Å². The van der Waals surface area contributed by atoms with Gasteiger partial charge in [0.25, 0.3) is 11.6 Å². The quantitative estimate of drug-likeness (QED) is 0.449. The lowest BCUT2D eigenvalue weighted by Crippen LogP contribution is -2.54. The average molecular weight is 390 g/mol. The van der Waals surface area contributed by atoms with Gasteiger partial charge in [-0.1, -0.05) is 19.8 Å². The van der Waals surface area contributed by atoms with E-state index in [0.717, 1.165) is 30.2 Å². The van der Waals surface area contributed by atoms with E-state index in [4.69, 9.17) is 4.74 Å². The number of hydrogen-bond acceptors (Lipinski definition) is 6. The lowest BCUT2D eigenvalue weighted by molar-refractivity contribution is -0.384. The minimum absolute atomic E-state index is 0.0115. The first-order valence-corrected chi connectivity index (χ1v) is 9.05. The smallest absolute Gasteiger partial charge is 0.325 e. The third-order valence-electron chi connectivity index (χ3n) is 5.47. The molecule has 2 N–H and O–H groups in total. The number of urea groups is 1. The molecule has 28 heavy (non-hydrogen) atoms. The van der Waals surface area contributed by atoms with Gasteiger partial charge < -0.3 is 15.4 Å². The fraction of sp³-hybridized carbons (Fsp3) is 0.500. The van der Waals surface area contributed by atoms with Crippen LogP contribution < -0.4 is 15.4 Å². The summed E-state index contributed by atoms with van der Waals surface area (Å²) in [5, 5.41) is 16.2. The third kappa shape index (κ3) is 3.37. The number of methoxy groups -OCH3 is 1. The molecule has 1 saturated heterocycles. The summed E-state index contributed by atoms with van der Waals surface area (Å²) >= 11 is 0. The van der Waals surface area contributed by atoms with Crippen molar-refractivity contribution in [2.75, 3.05) is 19.0 Å². The summed E-state index contributed by atoms with van der Waals surface area (Å²) in [6.45, 7) is 1.44. The van der Waals surface area contributed by atoms with Crippen molar-refractivity contribution in [3.05, 3.63) is 28.3 Å². The molecule has 3 rings (SSSR count). The van der Waals surface area contributed by atoms with Crippen LogP contribution in [0.2, 0.25) is 0 Å². The fourth-order valence-electron chi connectivity index (χ4n) is 3.88. The van der Waals surface area contributed by atoms with Crippen LogP contribution in [0, 0.1) is 16.0 Å². The highest BCUT2D eigenvalue weighted by molar-refractivity contribution is 6.10. The van der Waals surface area contributed by atoms with Crippen LogP contribution in [-0.4, -0.2) is 46.9 Å². The highest BCUT2D eigenvalue weighted by Crippen LogP contribution is 2.38. The molecule has 0 unspecified atom stereocenters. The van der Waals surface area contributed by atoms with Crippen LogP contribution in [0.15, 0.2) is 18.2 Å². The van der Waals surface area contributed by atoms with E-state index in [1.165, 1.54) is 19.2 Å². The molecule has 1 heterocycles. The van der Waals surface area contributed by atoms with Crippen molar-refractivity contribution >= 4 is 29.2 Å². The zero-order valence-electron chi connectivity index (χ0n) is 15.7. The summed E-state index contributed by atoms with van der Waals surface area (Å²) in [6.07, 6.45) is 3.22. The molecule has 0 aromatic heterocycles. The number of anilines is 1. The van der Waals surface area contributed by atoms with Gasteiger partial charge in [-0.05, 0) is 24.8 Å². The first kappa shape index (κ1) is 19.6. The van der Waals surface area contributed by atoms with Gasteiger partial charge in [-0.15, -0.1) is 0 Å². The normalized spacial score (nSPS) is 24.2. The second kappa shape index (κ2) is 7.45. The number of ether oxygens (including phenoxy) is 1. The molecule has 10 nitrogen and oxygen atoms in total. The number of rotatable bonds is 5. The highest BCUT2D eigenvalue weighted by Gasteiger charge is 2.55. The Balaban J connectivity index is 1.75. The standard InChI is InChI=1S/C18H22N4O6/c1-11-5-3-4-8-18(11)16(24)21(17(25)20-18)10-15(23)19-13-9-12(22(26)27)6-7-14(13)28-2/h6-7,9,11H,3-5,8,10H2,1-2H3,(H,19,23)(H,20,25)/t11-,18+/m0/s1. The van der Waals surface area contributed by atoms with Gasteiger partial charge in [0.05, 0.1) is 17.7 Å². The van der Waals surface area contributed by atoms with Crippen molar-refractivity contribution in [1.29, 1.82) is 0 Å². The Labute approximate surface area is 161 Å². The summed E-state index contributed by atoms with van der Waals surface area (Å²) in [6, 6.07) is 3.17. The molecule has 1 aromatic rings. The molecule has 1 aliphatic carbocycles. The minimum Gasteiger partial charge on any atom is -0.495 e. The summed E-state index contributed by atoms with van der Waals surface area (Å²) in [7, 11) is 1.36. The van der Waals surface area contributed by atoms with Gasteiger partial charge in [-0.25, -0.2) is 4.79 Å². The van der Waals surface area contributed by atoms with Crippen LogP contribution >= 0.6 is 0 Å². The number of hydrogen-bond donors (Lipinski definition) is 2. The predicted octanol–water partition coefficient (Wildman–Crippen LogP) is 2.04. The van der Waals surface area contributed by atoms with Crippen LogP contribution in [-0.2, 0) is 9.59 Å². The van der Waals surface area contributed by atoms with Crippen molar-refractivity contribution in [2.24, 2.45) is 5.92 Å². The Kier molecular flexibility index (Phi) is 5.21. The molecule has 4 amide bonds. The minimum atomic E-state index is -0.946. The van der Waals surface area contributed by atoms with Crippen molar-refractivity contribution in [3.63, 3.8) is 0 Å². The topological polar surface area (TPSA) is 131 Å². The maximum atomic E-state index is 12.9. The molecule has 1 spiro atoms. The molecule has 2 fully saturated rings. The van der Waals surface area contributed by atoms with E-state index >= 15 is 0 Å². The summed E-state index contributed by atoms with van der Waals surface area (Å²) in [5.74, 6) is -0.829. The Hall–Kier alpha value is -3.17. The SMILES string of the molecule is COc1ccc([N+](=O)[O-])cc1NC(=O)CN1C(=O)N[C@@]2(CCCC[C@@H]2C)C1=O. The maximum absolute atomic E-state index is 12.9. The molecule has 10 heteroatoms. The number of nitrogens with one attached hydrogen (secondary N) is 2. The molecular formula is C18H22N4O6. The predicted molar refractivity (Wildman–Crippen MR) is 98.9 cm³/mol. The largest absolute Gasteiger partial charge is 0.495 e. The monoisotopic (exact) mass is 390 g/mol. The molecule has 150 valence electrons. The number of non-ortho nitro benzene ring substituents is 1. The number of carbonyl (C=O) groups is 3. The van der Waals surface area contributed by atoms with Gasteiger partial charge in [-0.3, -0.25) is 24.6 Å². The van der Waals surface area contributed by atoms with Gasteiger partial charge in [0.2, 0.25) is 5.91 Å². The highest BCUT2D eigenvalue weighted by atomic mass is 16.6. The van der Waals surface area contributed by atoms with Crippen molar-refractivity contribution in [1.82, 2.24) is 10.2 Å². The zero-order chi connectivity index (χ0) is 20.5. The summed E-state index contributed by atoms with van der Waals surface area (Å²) in [5.41, 5.74) is -1.07. The Morgan fingerprint density at radius 1 is 1.43 bits per heavy atom. The Morgan fingerprint density at radius 3 is 2.82 bits per heavy atom. The molecule has 0 radical (unpaired) electrons. The lowest BCUT2D eigenvalue weighted by Gasteiger charge is -2.36. The first-order valence-electron chi connectivity index (χ1n) is 9.05. The van der Waals surface area contributed by atoms with Crippen LogP contribution in [0.4, 0.5) is 16.2 Å². The average Bonchev–Trinajstić information content (AvgIpc) is 2.89. The van der Waals surface area contributed by atoms with Crippen molar-refractivity contribution in [3.8, 4) is 5.75 Å². The molecule has 1 aliphatic heterocycles. The van der Waals surface area contributed by atoms with Gasteiger partial charge in [0, 0.05) is 12.1 Å². The van der Waals surface area contributed by atoms with E-state index in [2.05, 4.69) is 10.6 Å². The molecule has 1 aromatic carbocycles. The molecular weight excluding hydrogens is 368 g/mol. The molecule has 2 aliphatic rings. The van der Waals surface area contributed by atoms with Crippen LogP contribution in [0.5, 0.6) is 5.75 Å². The van der Waals surface area contributed by atoms with Gasteiger partial charge >= 0.3 is 6.03 Å². The number of benzene rings is 1. The second-order valence-electron chi connectivity index (χ2n) is 7.13. The maximum Gasteiger partial charge on any atom is 0.325 e. The lowest BCUT2D eigenvalue weighted by atomic mass is 9.73. The number of nitro benzene ring substituents is 1. The summed E-state index contributed by atoms with van der Waals surface area (Å²) in [4.78, 5) is 49.0. The first-order chi connectivity index (χ1) is 13.3. The van der Waals surface area contributed by atoms with E-state index in [-0.39, 0.29) is 23.0 Å². The van der Waals surface area contributed by atoms with Gasteiger partial charge in [0.1, 0.15) is 17.8 Å². The fourth-order valence-corrected chi connectivity index (χ4v) is 3.88.